The fourth-order valence-electron chi connectivity index (χ4n) is 8.15. The minimum atomic E-state index is -1.26. The van der Waals surface area contributed by atoms with E-state index in [9.17, 15) is 38.4 Å². The van der Waals surface area contributed by atoms with Gasteiger partial charge in [0, 0.05) is 68.9 Å². The Balaban J connectivity index is 0.000000388. The van der Waals surface area contributed by atoms with Crippen molar-refractivity contribution in [3.8, 4) is 0 Å². The maximum atomic E-state index is 13.1. The average molecular weight is 998 g/mol. The van der Waals surface area contributed by atoms with Crippen molar-refractivity contribution in [3.63, 3.8) is 0 Å². The molecule has 2 unspecified atom stereocenters. The predicted octanol–water partition coefficient (Wildman–Crippen LogP) is 9.14. The molecule has 0 saturated heterocycles. The number of carboxylic acids is 1. The van der Waals surface area contributed by atoms with Gasteiger partial charge in [-0.2, -0.15) is 0 Å². The van der Waals surface area contributed by atoms with E-state index in [1.54, 1.807) is 56.4 Å². The SMILES string of the molecule is CC(=O)N[C@@H](CC(C)C)C(=O)O.CC(=O)N[C@@H](CC(C)C)C(=O)OC(C)OC(=O)N(C)[C@]1(c2ccccc2Cl)CCCCC1=O.CC(Cl)OC(=O)N(C)[C@]1(c2ccccc2Cl)CCCCC1=O. The van der Waals surface area contributed by atoms with Crippen LogP contribution >= 0.6 is 34.8 Å². The molecule has 6 atom stereocenters. The maximum Gasteiger partial charge on any atom is 0.413 e. The zero-order valence-corrected chi connectivity index (χ0v) is 42.4. The Hall–Kier alpha value is -4.93. The number of benzene rings is 2. The molecule has 0 bridgehead atoms. The van der Waals surface area contributed by atoms with Crippen LogP contribution < -0.4 is 10.6 Å². The third-order valence-electron chi connectivity index (χ3n) is 11.2. The number of carboxylic acid groups (broad SMARTS) is 1. The first kappa shape index (κ1) is 58.2. The summed E-state index contributed by atoms with van der Waals surface area (Å²) in [4.78, 5) is 99.0. The number of halogens is 3. The molecule has 2 aliphatic carbocycles. The molecule has 0 spiro atoms. The van der Waals surface area contributed by atoms with Crippen LogP contribution in [0.3, 0.4) is 0 Å². The molecule has 2 saturated carbocycles. The Bertz CT molecular complexity index is 2050. The molecule has 0 radical (unpaired) electrons. The Kier molecular flexibility index (Phi) is 23.6. The largest absolute Gasteiger partial charge is 0.480 e. The number of aliphatic carboxylic acids is 1. The number of esters is 1. The highest BCUT2D eigenvalue weighted by Crippen LogP contribution is 2.44. The summed E-state index contributed by atoms with van der Waals surface area (Å²) in [5.41, 5.74) is -1.92. The molecule has 2 aromatic carbocycles. The second-order valence-corrected chi connectivity index (χ2v) is 18.9. The van der Waals surface area contributed by atoms with Gasteiger partial charge in [0.1, 0.15) is 23.2 Å². The molecule has 67 heavy (non-hydrogen) atoms. The second-order valence-electron chi connectivity index (χ2n) is 17.5. The third kappa shape index (κ3) is 16.7. The third-order valence-corrected chi connectivity index (χ3v) is 12.0. The number of Topliss-reactive ketones (excluding diaryl/α,β-unsaturated/α-hetero) is 2. The normalized spacial score (nSPS) is 19.7. The molecular weight excluding hydrogens is 931 g/mol. The van der Waals surface area contributed by atoms with Gasteiger partial charge in [-0.3, -0.25) is 29.0 Å². The monoisotopic (exact) mass is 996 g/mol. The highest BCUT2D eigenvalue weighted by atomic mass is 35.5. The summed E-state index contributed by atoms with van der Waals surface area (Å²) >= 11 is 18.5. The first-order valence-electron chi connectivity index (χ1n) is 22.4. The number of carbonyl (C=O) groups is 8. The van der Waals surface area contributed by atoms with Gasteiger partial charge < -0.3 is 30.0 Å². The smallest absolute Gasteiger partial charge is 0.413 e. The number of carbonyl (C=O) groups excluding carboxylic acids is 7. The van der Waals surface area contributed by atoms with Gasteiger partial charge >= 0.3 is 24.1 Å². The number of amides is 4. The van der Waals surface area contributed by atoms with Crippen LogP contribution in [-0.2, 0) is 54.1 Å². The summed E-state index contributed by atoms with van der Waals surface area (Å²) in [5.74, 6) is -2.08. The molecule has 19 heteroatoms. The number of rotatable bonds is 15. The minimum Gasteiger partial charge on any atom is -0.480 e. The molecule has 16 nitrogen and oxygen atoms in total. The average Bonchev–Trinajstić information content (AvgIpc) is 3.23. The number of hydrogen-bond acceptors (Lipinski definition) is 11. The van der Waals surface area contributed by atoms with Crippen LogP contribution in [0.25, 0.3) is 0 Å². The van der Waals surface area contributed by atoms with Crippen LogP contribution in [0.5, 0.6) is 0 Å². The van der Waals surface area contributed by atoms with E-state index in [4.69, 9.17) is 54.1 Å². The van der Waals surface area contributed by atoms with Crippen molar-refractivity contribution in [2.24, 2.45) is 11.8 Å². The van der Waals surface area contributed by atoms with E-state index in [0.29, 0.717) is 59.7 Å². The van der Waals surface area contributed by atoms with Crippen LogP contribution in [0.2, 0.25) is 10.0 Å². The van der Waals surface area contributed by atoms with Gasteiger partial charge in [0.2, 0.25) is 18.1 Å². The van der Waals surface area contributed by atoms with Crippen molar-refractivity contribution in [3.05, 3.63) is 69.7 Å². The first-order valence-corrected chi connectivity index (χ1v) is 23.6. The van der Waals surface area contributed by atoms with Gasteiger partial charge in [-0.05, 0) is 82.3 Å². The summed E-state index contributed by atoms with van der Waals surface area (Å²) in [7, 11) is 3.05. The number of alkyl halides is 1. The fourth-order valence-corrected chi connectivity index (χ4v) is 8.81. The van der Waals surface area contributed by atoms with E-state index in [1.807, 2.05) is 33.8 Å². The number of nitrogens with one attached hydrogen (secondary N) is 2. The van der Waals surface area contributed by atoms with E-state index in [1.165, 1.54) is 37.6 Å². The highest BCUT2D eigenvalue weighted by Gasteiger charge is 2.50. The molecule has 4 rings (SSSR count). The lowest BCUT2D eigenvalue weighted by molar-refractivity contribution is -0.171. The minimum absolute atomic E-state index is 0.0199. The van der Waals surface area contributed by atoms with E-state index in [2.05, 4.69) is 10.6 Å². The molecule has 0 aromatic heterocycles. The predicted molar refractivity (Wildman–Crippen MR) is 254 cm³/mol. The molecule has 0 heterocycles. The fraction of sp³-hybridized carbons (Fsp3) is 0.583. The summed E-state index contributed by atoms with van der Waals surface area (Å²) in [6.45, 7) is 13.2. The van der Waals surface area contributed by atoms with Crippen molar-refractivity contribution in [2.45, 2.75) is 155 Å². The molecular formula is C48H67Cl3N4O12. The topological polar surface area (TPSA) is 215 Å². The maximum absolute atomic E-state index is 13.1. The Labute approximate surface area is 409 Å². The van der Waals surface area contributed by atoms with Crippen LogP contribution in [-0.4, -0.2) is 100 Å². The number of likely N-dealkylation sites (N-methyl/N-ethyl adjacent to an activating group) is 2. The lowest BCUT2D eigenvalue weighted by Crippen LogP contribution is -2.55. The van der Waals surface area contributed by atoms with Crippen LogP contribution in [0.4, 0.5) is 9.59 Å². The molecule has 2 aliphatic rings. The van der Waals surface area contributed by atoms with Crippen LogP contribution in [0.1, 0.15) is 131 Å². The molecule has 2 fully saturated rings. The number of hydrogen-bond donors (Lipinski definition) is 3. The first-order chi connectivity index (χ1) is 31.3. The van der Waals surface area contributed by atoms with E-state index >= 15 is 0 Å². The molecule has 372 valence electrons. The lowest BCUT2D eigenvalue weighted by atomic mass is 9.74. The molecule has 3 N–H and O–H groups in total. The van der Waals surface area contributed by atoms with Gasteiger partial charge in [-0.25, -0.2) is 19.2 Å². The van der Waals surface area contributed by atoms with E-state index in [0.717, 1.165) is 25.7 Å². The van der Waals surface area contributed by atoms with Crippen molar-refractivity contribution in [1.82, 2.24) is 20.4 Å². The number of ketones is 2. The van der Waals surface area contributed by atoms with Gasteiger partial charge in [0.15, 0.2) is 17.1 Å². The van der Waals surface area contributed by atoms with Crippen LogP contribution in [0.15, 0.2) is 48.5 Å². The summed E-state index contributed by atoms with van der Waals surface area (Å²) in [5, 5.41) is 14.4. The van der Waals surface area contributed by atoms with E-state index < -0.39 is 59.1 Å². The standard InChI is InChI=1S/C24H33ClN2O6.C16H19Cl2NO3.C8H15NO3/c1-15(2)14-20(26-16(3)28)22(30)32-17(4)33-23(31)27(5)24(13-9-8-12-21(24)29)18-10-6-7-11-19(18)25;1-11(17)22-15(21)19(2)16(10-6-5-9-14(16)20)12-7-3-4-8-13(12)18;1-5(2)4-7(8(11)12)9-6(3)10/h6-7,10-11,15,17,20H,8-9,12-14H2,1-5H3,(H,26,28);3-4,7-8,11H,5-6,9-10H2,1-2H3;5,7H,4H2,1-3H3,(H,9,10)(H,11,12)/t17?,20-,24-;11?,16-;7-/m000/s1. The number of ether oxygens (including phenoxy) is 3. The summed E-state index contributed by atoms with van der Waals surface area (Å²) < 4.78 is 15.7. The van der Waals surface area contributed by atoms with Crippen LogP contribution in [0, 0.1) is 11.8 Å². The number of nitrogens with zero attached hydrogens (tertiary/aromatic N) is 2. The van der Waals surface area contributed by atoms with Gasteiger partial charge in [0.05, 0.1) is 0 Å². The van der Waals surface area contributed by atoms with Crippen molar-refractivity contribution in [1.29, 1.82) is 0 Å². The van der Waals surface area contributed by atoms with E-state index in [-0.39, 0.29) is 35.2 Å². The van der Waals surface area contributed by atoms with Crippen molar-refractivity contribution < 1.29 is 57.7 Å². The van der Waals surface area contributed by atoms with Crippen molar-refractivity contribution >= 4 is 82.3 Å². The zero-order valence-electron chi connectivity index (χ0n) is 40.1. The quantitative estimate of drug-likeness (QED) is 0.0865. The van der Waals surface area contributed by atoms with Crippen molar-refractivity contribution in [2.75, 3.05) is 14.1 Å². The van der Waals surface area contributed by atoms with Gasteiger partial charge in [-0.1, -0.05) is 98.9 Å². The highest BCUT2D eigenvalue weighted by molar-refractivity contribution is 6.32. The van der Waals surface area contributed by atoms with Gasteiger partial charge in [-0.15, -0.1) is 0 Å². The van der Waals surface area contributed by atoms with Gasteiger partial charge in [0.25, 0.3) is 0 Å². The molecule has 2 aromatic rings. The zero-order chi connectivity index (χ0) is 50.8. The Morgan fingerprint density at radius 1 is 0.642 bits per heavy atom. The Morgan fingerprint density at radius 2 is 1.03 bits per heavy atom. The molecule has 4 amide bonds. The lowest BCUT2D eigenvalue weighted by Gasteiger charge is -2.43. The second kappa shape index (κ2) is 27.2. The summed E-state index contributed by atoms with van der Waals surface area (Å²) in [6, 6.07) is 12.5. The Morgan fingerprint density at radius 3 is 1.39 bits per heavy atom. The molecule has 0 aliphatic heterocycles. The summed E-state index contributed by atoms with van der Waals surface area (Å²) in [6.07, 6.45) is 2.99.